The predicted molar refractivity (Wildman–Crippen MR) is 102 cm³/mol. The first-order valence-corrected chi connectivity index (χ1v) is 8.16. The van der Waals surface area contributed by atoms with Gasteiger partial charge in [-0.15, -0.1) is 0 Å². The van der Waals surface area contributed by atoms with Crippen molar-refractivity contribution in [3.63, 3.8) is 0 Å². The van der Waals surface area contributed by atoms with Crippen LogP contribution >= 0.6 is 0 Å². The third kappa shape index (κ3) is 3.41. The average Bonchev–Trinajstić information content (AvgIpc) is 3.12. The Balaban J connectivity index is 1.66. The van der Waals surface area contributed by atoms with Gasteiger partial charge >= 0.3 is 5.97 Å². The van der Waals surface area contributed by atoms with Crippen LogP contribution in [-0.4, -0.2) is 27.4 Å². The first-order valence-electron chi connectivity index (χ1n) is 8.16. The molecular weight excluding hydrogens is 344 g/mol. The van der Waals surface area contributed by atoms with Crippen molar-refractivity contribution >= 4 is 29.0 Å². The van der Waals surface area contributed by atoms with E-state index in [0.717, 1.165) is 11.1 Å². The molecule has 2 N–H and O–H groups in total. The van der Waals surface area contributed by atoms with E-state index in [4.69, 9.17) is 9.52 Å². The van der Waals surface area contributed by atoms with Gasteiger partial charge in [-0.2, -0.15) is 0 Å². The van der Waals surface area contributed by atoms with Gasteiger partial charge in [0.15, 0.2) is 5.58 Å². The predicted octanol–water partition coefficient (Wildman–Crippen LogP) is 4.65. The average molecular weight is 358 g/mol. The minimum Gasteiger partial charge on any atom is -0.507 e. The van der Waals surface area contributed by atoms with Gasteiger partial charge < -0.3 is 14.6 Å². The smallest absolute Gasteiger partial charge is 0.335 e. The Labute approximate surface area is 154 Å². The lowest BCUT2D eigenvalue weighted by Crippen LogP contribution is -1.97. The molecular formula is C21H14N2O4. The van der Waals surface area contributed by atoms with E-state index in [2.05, 4.69) is 9.98 Å². The van der Waals surface area contributed by atoms with Crippen LogP contribution in [-0.2, 0) is 0 Å². The SMILES string of the molecule is O=C(O)c1ccc(O)c(C=Nc2cccc(-c3nc4ccccc4o3)c2)c1. The third-order valence-electron chi connectivity index (χ3n) is 4.01. The first-order chi connectivity index (χ1) is 13.1. The number of phenolic OH excluding ortho intramolecular Hbond substituents is 1. The van der Waals surface area contributed by atoms with Crippen LogP contribution in [0.25, 0.3) is 22.6 Å². The fraction of sp³-hybridized carbons (Fsp3) is 0. The summed E-state index contributed by atoms with van der Waals surface area (Å²) in [6.07, 6.45) is 1.42. The van der Waals surface area contributed by atoms with Gasteiger partial charge in [-0.25, -0.2) is 9.78 Å². The molecule has 3 aromatic carbocycles. The molecule has 0 saturated heterocycles. The van der Waals surface area contributed by atoms with Crippen LogP contribution in [0.4, 0.5) is 5.69 Å². The zero-order valence-corrected chi connectivity index (χ0v) is 14.0. The van der Waals surface area contributed by atoms with Crippen molar-refractivity contribution in [1.29, 1.82) is 0 Å². The molecule has 4 aromatic rings. The highest BCUT2D eigenvalue weighted by Gasteiger charge is 2.09. The molecule has 0 spiro atoms. The molecule has 1 aromatic heterocycles. The summed E-state index contributed by atoms with van der Waals surface area (Å²) in [7, 11) is 0. The summed E-state index contributed by atoms with van der Waals surface area (Å²) < 4.78 is 5.76. The number of rotatable bonds is 4. The normalized spacial score (nSPS) is 11.3. The fourth-order valence-corrected chi connectivity index (χ4v) is 2.65. The molecule has 6 nitrogen and oxygen atoms in total. The van der Waals surface area contributed by atoms with Gasteiger partial charge in [0.1, 0.15) is 11.3 Å². The van der Waals surface area contributed by atoms with Crippen molar-refractivity contribution in [3.8, 4) is 17.2 Å². The zero-order valence-electron chi connectivity index (χ0n) is 14.0. The highest BCUT2D eigenvalue weighted by Crippen LogP contribution is 2.27. The molecule has 0 aliphatic rings. The van der Waals surface area contributed by atoms with Gasteiger partial charge in [-0.1, -0.05) is 18.2 Å². The second kappa shape index (κ2) is 6.76. The summed E-state index contributed by atoms with van der Waals surface area (Å²) in [6.45, 7) is 0. The van der Waals surface area contributed by atoms with Gasteiger partial charge in [-0.3, -0.25) is 4.99 Å². The number of aliphatic imine (C=N–C) groups is 1. The maximum atomic E-state index is 11.1. The summed E-state index contributed by atoms with van der Waals surface area (Å²) in [4.78, 5) is 19.9. The lowest BCUT2D eigenvalue weighted by molar-refractivity contribution is 0.0697. The summed E-state index contributed by atoms with van der Waals surface area (Å²) in [5, 5.41) is 19.0. The van der Waals surface area contributed by atoms with E-state index in [-0.39, 0.29) is 11.3 Å². The van der Waals surface area contributed by atoms with E-state index < -0.39 is 5.97 Å². The monoisotopic (exact) mass is 358 g/mol. The van der Waals surface area contributed by atoms with Crippen molar-refractivity contribution in [2.24, 2.45) is 4.99 Å². The second-order valence-electron chi connectivity index (χ2n) is 5.87. The summed E-state index contributed by atoms with van der Waals surface area (Å²) in [5.41, 5.74) is 3.27. The molecule has 132 valence electrons. The molecule has 1 heterocycles. The Hall–Kier alpha value is -3.93. The molecule has 0 aliphatic carbocycles. The molecule has 0 aliphatic heterocycles. The van der Waals surface area contributed by atoms with E-state index in [9.17, 15) is 9.90 Å². The van der Waals surface area contributed by atoms with Gasteiger partial charge in [0.2, 0.25) is 5.89 Å². The van der Waals surface area contributed by atoms with Crippen LogP contribution in [0.3, 0.4) is 0 Å². The number of carboxylic acids is 1. The summed E-state index contributed by atoms with van der Waals surface area (Å²) >= 11 is 0. The minimum absolute atomic E-state index is 0.0427. The van der Waals surface area contributed by atoms with Crippen LogP contribution in [0.1, 0.15) is 15.9 Å². The number of hydrogen-bond donors (Lipinski definition) is 2. The number of nitrogens with zero attached hydrogens (tertiary/aromatic N) is 2. The Bertz CT molecular complexity index is 1140. The molecule has 0 atom stereocenters. The molecule has 0 saturated carbocycles. The lowest BCUT2D eigenvalue weighted by atomic mass is 10.1. The molecule has 0 fully saturated rings. The molecule has 0 unspecified atom stereocenters. The Morgan fingerprint density at radius 1 is 1.04 bits per heavy atom. The van der Waals surface area contributed by atoms with Gasteiger partial charge in [0, 0.05) is 17.3 Å². The van der Waals surface area contributed by atoms with Crippen LogP contribution in [0.2, 0.25) is 0 Å². The van der Waals surface area contributed by atoms with E-state index in [1.807, 2.05) is 36.4 Å². The maximum Gasteiger partial charge on any atom is 0.335 e. The van der Waals surface area contributed by atoms with Gasteiger partial charge in [0.25, 0.3) is 0 Å². The first kappa shape index (κ1) is 16.5. The second-order valence-corrected chi connectivity index (χ2v) is 5.87. The molecule has 6 heteroatoms. The van der Waals surface area contributed by atoms with E-state index in [1.54, 1.807) is 12.1 Å². The number of benzene rings is 3. The molecule has 0 amide bonds. The Kier molecular flexibility index (Phi) is 4.14. The number of aromatic hydroxyl groups is 1. The zero-order chi connectivity index (χ0) is 18.8. The Morgan fingerprint density at radius 3 is 2.70 bits per heavy atom. The number of para-hydroxylation sites is 2. The molecule has 0 radical (unpaired) electrons. The van der Waals surface area contributed by atoms with Crippen molar-refractivity contribution in [1.82, 2.24) is 4.98 Å². The molecule has 4 rings (SSSR count). The number of fused-ring (bicyclic) bond motifs is 1. The number of carboxylic acid groups (broad SMARTS) is 1. The number of carbonyl (C=O) groups is 1. The van der Waals surface area contributed by atoms with Crippen LogP contribution in [0, 0.1) is 0 Å². The van der Waals surface area contributed by atoms with E-state index in [1.165, 1.54) is 24.4 Å². The summed E-state index contributed by atoms with van der Waals surface area (Å²) in [6, 6.07) is 18.8. The fourth-order valence-electron chi connectivity index (χ4n) is 2.65. The van der Waals surface area contributed by atoms with Crippen molar-refractivity contribution in [3.05, 3.63) is 77.9 Å². The third-order valence-corrected chi connectivity index (χ3v) is 4.01. The van der Waals surface area contributed by atoms with Crippen LogP contribution < -0.4 is 0 Å². The minimum atomic E-state index is -1.07. The lowest BCUT2D eigenvalue weighted by Gasteiger charge is -2.01. The summed E-state index contributed by atoms with van der Waals surface area (Å²) in [5.74, 6) is -0.620. The highest BCUT2D eigenvalue weighted by atomic mass is 16.4. The van der Waals surface area contributed by atoms with Crippen LogP contribution in [0.5, 0.6) is 5.75 Å². The van der Waals surface area contributed by atoms with Crippen molar-refractivity contribution in [2.45, 2.75) is 0 Å². The number of aromatic nitrogens is 1. The van der Waals surface area contributed by atoms with Crippen molar-refractivity contribution < 1.29 is 19.4 Å². The Morgan fingerprint density at radius 2 is 1.89 bits per heavy atom. The largest absolute Gasteiger partial charge is 0.507 e. The van der Waals surface area contributed by atoms with Crippen LogP contribution in [0.15, 0.2) is 76.1 Å². The van der Waals surface area contributed by atoms with Gasteiger partial charge in [0.05, 0.1) is 11.3 Å². The maximum absolute atomic E-state index is 11.1. The number of oxazole rings is 1. The van der Waals surface area contributed by atoms with Crippen molar-refractivity contribution in [2.75, 3.05) is 0 Å². The topological polar surface area (TPSA) is 95.9 Å². The van der Waals surface area contributed by atoms with E-state index in [0.29, 0.717) is 22.7 Å². The highest BCUT2D eigenvalue weighted by molar-refractivity contribution is 5.93. The quantitative estimate of drug-likeness (QED) is 0.518. The standard InChI is InChI=1S/C21H14N2O4/c24-18-9-8-14(21(25)26)10-15(18)12-22-16-5-3-4-13(11-16)20-23-17-6-1-2-7-19(17)27-20/h1-12,24H,(H,25,26). The van der Waals surface area contributed by atoms with Gasteiger partial charge in [-0.05, 0) is 48.5 Å². The number of phenols is 1. The number of aromatic carboxylic acids is 1. The van der Waals surface area contributed by atoms with E-state index >= 15 is 0 Å². The molecule has 0 bridgehead atoms. The number of hydrogen-bond acceptors (Lipinski definition) is 5. The molecule has 27 heavy (non-hydrogen) atoms.